The van der Waals surface area contributed by atoms with Gasteiger partial charge in [0.05, 0.1) is 12.3 Å². The van der Waals surface area contributed by atoms with Gasteiger partial charge in [0.1, 0.15) is 0 Å². The number of rotatable bonds is 7. The van der Waals surface area contributed by atoms with Crippen molar-refractivity contribution in [2.45, 2.75) is 19.4 Å². The molecule has 2 amide bonds. The van der Waals surface area contributed by atoms with Crippen LogP contribution in [0.5, 0.6) is 0 Å². The van der Waals surface area contributed by atoms with Crippen LogP contribution in [-0.2, 0) is 10.0 Å². The molecule has 0 radical (unpaired) electrons. The monoisotopic (exact) mass is 347 g/mol. The van der Waals surface area contributed by atoms with E-state index in [-0.39, 0.29) is 12.1 Å². The third-order valence-corrected chi connectivity index (χ3v) is 4.75. The summed E-state index contributed by atoms with van der Waals surface area (Å²) in [4.78, 5) is 11.8. The number of urea groups is 1. The fourth-order valence-electron chi connectivity index (χ4n) is 1.78. The zero-order chi connectivity index (χ0) is 16.8. The van der Waals surface area contributed by atoms with E-state index in [9.17, 15) is 13.2 Å². The SMILES string of the molecule is C[C@H](NC(=O)NCCCN(C)S(C)(=O)=O)c1cccc(Cl)c1. The molecule has 0 aliphatic carbocycles. The summed E-state index contributed by atoms with van der Waals surface area (Å²) < 4.78 is 23.7. The maximum Gasteiger partial charge on any atom is 0.315 e. The lowest BCUT2D eigenvalue weighted by atomic mass is 10.1. The van der Waals surface area contributed by atoms with Crippen LogP contribution in [0.15, 0.2) is 24.3 Å². The smallest absolute Gasteiger partial charge is 0.315 e. The maximum atomic E-state index is 11.8. The summed E-state index contributed by atoms with van der Waals surface area (Å²) >= 11 is 5.91. The number of hydrogen-bond donors (Lipinski definition) is 2. The number of sulfonamides is 1. The number of nitrogens with one attached hydrogen (secondary N) is 2. The first-order chi connectivity index (χ1) is 10.2. The highest BCUT2D eigenvalue weighted by Crippen LogP contribution is 2.16. The molecule has 0 bridgehead atoms. The highest BCUT2D eigenvalue weighted by atomic mass is 35.5. The summed E-state index contributed by atoms with van der Waals surface area (Å²) in [5, 5.41) is 6.12. The molecule has 6 nitrogen and oxygen atoms in total. The second kappa shape index (κ2) is 8.36. The van der Waals surface area contributed by atoms with Gasteiger partial charge in [0.25, 0.3) is 0 Å². The molecule has 1 atom stereocenters. The van der Waals surface area contributed by atoms with Crippen LogP contribution < -0.4 is 10.6 Å². The second-order valence-corrected chi connectivity index (χ2v) is 7.64. The minimum atomic E-state index is -3.17. The van der Waals surface area contributed by atoms with Crippen molar-refractivity contribution >= 4 is 27.7 Å². The fraction of sp³-hybridized carbons (Fsp3) is 0.500. The first kappa shape index (κ1) is 18.7. The van der Waals surface area contributed by atoms with E-state index in [4.69, 9.17) is 11.6 Å². The number of nitrogens with zero attached hydrogens (tertiary/aromatic N) is 1. The Morgan fingerprint density at radius 1 is 1.41 bits per heavy atom. The molecule has 0 aliphatic heterocycles. The third-order valence-electron chi connectivity index (χ3n) is 3.20. The third kappa shape index (κ3) is 6.64. The van der Waals surface area contributed by atoms with E-state index in [2.05, 4.69) is 10.6 Å². The standard InChI is InChI=1S/C14H22ClN3O3S/c1-11(12-6-4-7-13(15)10-12)17-14(19)16-8-5-9-18(2)22(3,20)21/h4,6-7,10-11H,5,8-9H2,1-3H3,(H2,16,17,19)/t11-/m0/s1. The van der Waals surface area contributed by atoms with Gasteiger partial charge >= 0.3 is 6.03 Å². The van der Waals surface area contributed by atoms with Gasteiger partial charge in [-0.2, -0.15) is 0 Å². The molecule has 22 heavy (non-hydrogen) atoms. The molecule has 1 aromatic carbocycles. The molecule has 2 N–H and O–H groups in total. The van der Waals surface area contributed by atoms with Crippen molar-refractivity contribution in [3.63, 3.8) is 0 Å². The Hall–Kier alpha value is -1.31. The summed E-state index contributed by atoms with van der Waals surface area (Å²) in [6, 6.07) is 6.82. The van der Waals surface area contributed by atoms with Gasteiger partial charge in [-0.05, 0) is 31.0 Å². The molecule has 0 aromatic heterocycles. The van der Waals surface area contributed by atoms with Crippen LogP contribution in [0.4, 0.5) is 4.79 Å². The summed E-state index contributed by atoms with van der Waals surface area (Å²) in [7, 11) is -1.66. The lowest BCUT2D eigenvalue weighted by molar-refractivity contribution is 0.237. The largest absolute Gasteiger partial charge is 0.338 e. The Labute approximate surface area is 136 Å². The van der Waals surface area contributed by atoms with E-state index in [1.807, 2.05) is 19.1 Å². The molecular weight excluding hydrogens is 326 g/mol. The Morgan fingerprint density at radius 3 is 2.68 bits per heavy atom. The minimum absolute atomic E-state index is 0.169. The molecule has 0 fully saturated rings. The van der Waals surface area contributed by atoms with Crippen molar-refractivity contribution in [2.75, 3.05) is 26.4 Å². The molecule has 1 rings (SSSR count). The Balaban J connectivity index is 2.32. The molecule has 0 heterocycles. The highest BCUT2D eigenvalue weighted by Gasteiger charge is 2.11. The van der Waals surface area contributed by atoms with Crippen LogP contribution in [0.1, 0.15) is 24.9 Å². The quantitative estimate of drug-likeness (QED) is 0.740. The lowest BCUT2D eigenvalue weighted by Crippen LogP contribution is -2.38. The fourth-order valence-corrected chi connectivity index (χ4v) is 2.44. The second-order valence-electron chi connectivity index (χ2n) is 5.12. The number of benzene rings is 1. The molecule has 124 valence electrons. The molecule has 0 saturated carbocycles. The first-order valence-electron chi connectivity index (χ1n) is 6.91. The lowest BCUT2D eigenvalue weighted by Gasteiger charge is -2.16. The van der Waals surface area contributed by atoms with Crippen LogP contribution in [-0.4, -0.2) is 45.1 Å². The Bertz CT molecular complexity index is 607. The first-order valence-corrected chi connectivity index (χ1v) is 9.14. The van der Waals surface area contributed by atoms with Crippen molar-refractivity contribution in [1.29, 1.82) is 0 Å². The van der Waals surface area contributed by atoms with Gasteiger partial charge < -0.3 is 10.6 Å². The molecule has 8 heteroatoms. The number of carbonyl (C=O) groups is 1. The maximum absolute atomic E-state index is 11.8. The predicted octanol–water partition coefficient (Wildman–Crippen LogP) is 1.98. The van der Waals surface area contributed by atoms with Crippen LogP contribution in [0.2, 0.25) is 5.02 Å². The van der Waals surface area contributed by atoms with Crippen molar-refractivity contribution in [2.24, 2.45) is 0 Å². The number of carbonyl (C=O) groups excluding carboxylic acids is 1. The van der Waals surface area contributed by atoms with Crippen molar-refractivity contribution in [3.05, 3.63) is 34.9 Å². The molecule has 0 aliphatic rings. The highest BCUT2D eigenvalue weighted by molar-refractivity contribution is 7.88. The van der Waals surface area contributed by atoms with Gasteiger partial charge in [0, 0.05) is 25.2 Å². The summed E-state index contributed by atoms with van der Waals surface area (Å²) in [5.74, 6) is 0. The van der Waals surface area contributed by atoms with Crippen LogP contribution in [0.25, 0.3) is 0 Å². The van der Waals surface area contributed by atoms with E-state index >= 15 is 0 Å². The van der Waals surface area contributed by atoms with Crippen molar-refractivity contribution < 1.29 is 13.2 Å². The zero-order valence-electron chi connectivity index (χ0n) is 13.0. The van der Waals surface area contributed by atoms with Crippen LogP contribution in [0, 0.1) is 0 Å². The van der Waals surface area contributed by atoms with E-state index in [0.29, 0.717) is 24.5 Å². The van der Waals surface area contributed by atoms with Crippen molar-refractivity contribution in [3.8, 4) is 0 Å². The number of halogens is 1. The number of amides is 2. The summed E-state index contributed by atoms with van der Waals surface area (Å²) in [5.41, 5.74) is 0.916. The normalized spacial score (nSPS) is 13.0. The van der Waals surface area contributed by atoms with E-state index in [0.717, 1.165) is 11.8 Å². The molecule has 0 saturated heterocycles. The molecular formula is C14H22ClN3O3S. The summed E-state index contributed by atoms with van der Waals surface area (Å²) in [6.45, 7) is 2.62. The Kier molecular flexibility index (Phi) is 7.12. The average molecular weight is 348 g/mol. The van der Waals surface area contributed by atoms with E-state index < -0.39 is 10.0 Å². The summed E-state index contributed by atoms with van der Waals surface area (Å²) in [6.07, 6.45) is 1.70. The van der Waals surface area contributed by atoms with Gasteiger partial charge in [-0.1, -0.05) is 23.7 Å². The van der Waals surface area contributed by atoms with Gasteiger partial charge in [-0.15, -0.1) is 0 Å². The molecule has 1 aromatic rings. The topological polar surface area (TPSA) is 78.5 Å². The zero-order valence-corrected chi connectivity index (χ0v) is 14.5. The van der Waals surface area contributed by atoms with Crippen LogP contribution >= 0.6 is 11.6 Å². The molecule has 0 spiro atoms. The van der Waals surface area contributed by atoms with Gasteiger partial charge in [0.15, 0.2) is 0 Å². The van der Waals surface area contributed by atoms with Gasteiger partial charge in [-0.3, -0.25) is 0 Å². The molecule has 0 unspecified atom stereocenters. The average Bonchev–Trinajstić information content (AvgIpc) is 2.42. The van der Waals surface area contributed by atoms with E-state index in [1.165, 1.54) is 11.4 Å². The van der Waals surface area contributed by atoms with Crippen LogP contribution in [0.3, 0.4) is 0 Å². The minimum Gasteiger partial charge on any atom is -0.338 e. The van der Waals surface area contributed by atoms with Crippen molar-refractivity contribution in [1.82, 2.24) is 14.9 Å². The van der Waals surface area contributed by atoms with E-state index in [1.54, 1.807) is 12.1 Å². The Morgan fingerprint density at radius 2 is 2.09 bits per heavy atom. The van der Waals surface area contributed by atoms with Gasteiger partial charge in [-0.25, -0.2) is 17.5 Å². The number of hydrogen-bond acceptors (Lipinski definition) is 3. The predicted molar refractivity (Wildman–Crippen MR) is 88.5 cm³/mol. The van der Waals surface area contributed by atoms with Gasteiger partial charge in [0.2, 0.25) is 10.0 Å².